The number of sulfonamides is 1. The molecule has 3 rings (SSSR count). The Labute approximate surface area is 140 Å². The van der Waals surface area contributed by atoms with Crippen LogP contribution in [0.15, 0.2) is 52.1 Å². The molecule has 1 fully saturated rings. The Morgan fingerprint density at radius 2 is 2.00 bits per heavy atom. The molecule has 23 heavy (non-hydrogen) atoms. The summed E-state index contributed by atoms with van der Waals surface area (Å²) in [5.41, 5.74) is 1.10. The zero-order chi connectivity index (χ0) is 16.3. The number of carbonyl (C=O) groups excluding carboxylic acids is 1. The van der Waals surface area contributed by atoms with Crippen molar-refractivity contribution in [2.45, 2.75) is 23.1 Å². The molecule has 122 valence electrons. The molecule has 2 aromatic rings. The molecular weight excluding hydrogens is 332 g/mol. The molecule has 1 aliphatic heterocycles. The van der Waals surface area contributed by atoms with Crippen LogP contribution in [0.2, 0.25) is 0 Å². The molecule has 0 unspecified atom stereocenters. The molecule has 1 amide bonds. The van der Waals surface area contributed by atoms with Crippen molar-refractivity contribution in [3.05, 3.63) is 53.4 Å². The van der Waals surface area contributed by atoms with E-state index in [4.69, 9.17) is 0 Å². The quantitative estimate of drug-likeness (QED) is 0.900. The Morgan fingerprint density at radius 3 is 2.70 bits per heavy atom. The molecule has 2 heterocycles. The molecule has 1 atom stereocenters. The van der Waals surface area contributed by atoms with Crippen LogP contribution in [0, 0.1) is 0 Å². The molecule has 1 saturated heterocycles. The van der Waals surface area contributed by atoms with Gasteiger partial charge in [0.25, 0.3) is 10.0 Å². The van der Waals surface area contributed by atoms with E-state index in [1.165, 1.54) is 6.07 Å². The summed E-state index contributed by atoms with van der Waals surface area (Å²) in [6.07, 6.45) is 1.84. The molecule has 1 aliphatic rings. The molecule has 1 N–H and O–H groups in total. The van der Waals surface area contributed by atoms with E-state index in [9.17, 15) is 13.2 Å². The van der Waals surface area contributed by atoms with Gasteiger partial charge in [-0.15, -0.1) is 11.3 Å². The monoisotopic (exact) mass is 350 g/mol. The van der Waals surface area contributed by atoms with Crippen LogP contribution in [0.25, 0.3) is 0 Å². The van der Waals surface area contributed by atoms with Gasteiger partial charge in [0.15, 0.2) is 0 Å². The zero-order valence-electron chi connectivity index (χ0n) is 12.5. The first-order valence-corrected chi connectivity index (χ1v) is 9.82. The zero-order valence-corrected chi connectivity index (χ0v) is 14.1. The van der Waals surface area contributed by atoms with Gasteiger partial charge in [0.1, 0.15) is 4.21 Å². The number of thiophene rings is 1. The molecule has 1 aromatic heterocycles. The maximum absolute atomic E-state index is 12.4. The fraction of sp³-hybridized carbons (Fsp3) is 0.312. The lowest BCUT2D eigenvalue weighted by Gasteiger charge is -2.25. The highest BCUT2D eigenvalue weighted by Crippen LogP contribution is 2.31. The van der Waals surface area contributed by atoms with Gasteiger partial charge in [0.2, 0.25) is 5.91 Å². The van der Waals surface area contributed by atoms with E-state index in [-0.39, 0.29) is 22.7 Å². The fourth-order valence-electron chi connectivity index (χ4n) is 2.83. The fourth-order valence-corrected chi connectivity index (χ4v) is 4.84. The van der Waals surface area contributed by atoms with Crippen molar-refractivity contribution in [2.24, 2.45) is 0 Å². The maximum Gasteiger partial charge on any atom is 0.250 e. The van der Waals surface area contributed by atoms with Crippen molar-refractivity contribution in [1.29, 1.82) is 0 Å². The Balaban J connectivity index is 1.66. The van der Waals surface area contributed by atoms with Gasteiger partial charge in [-0.2, -0.15) is 0 Å². The summed E-state index contributed by atoms with van der Waals surface area (Å²) in [6, 6.07) is 13.1. The van der Waals surface area contributed by atoms with Gasteiger partial charge < -0.3 is 4.90 Å². The number of nitrogens with zero attached hydrogens (tertiary/aromatic N) is 1. The summed E-state index contributed by atoms with van der Waals surface area (Å²) in [4.78, 5) is 14.2. The molecule has 0 radical (unpaired) electrons. The second-order valence-electron chi connectivity index (χ2n) is 5.41. The number of hydrogen-bond acceptors (Lipinski definition) is 4. The van der Waals surface area contributed by atoms with Crippen LogP contribution in [0.5, 0.6) is 0 Å². The van der Waals surface area contributed by atoms with Gasteiger partial charge in [-0.25, -0.2) is 13.1 Å². The van der Waals surface area contributed by atoms with Gasteiger partial charge in [0, 0.05) is 6.54 Å². The van der Waals surface area contributed by atoms with Crippen molar-refractivity contribution < 1.29 is 13.2 Å². The standard InChI is InChI=1S/C16H18N2O3S2/c19-15(12-17-23(20,21)16-9-5-11-22-16)18-10-4-8-14(18)13-6-2-1-3-7-13/h1-3,5-7,9,11,14,17H,4,8,10,12H2/t14-/m1/s1. The summed E-state index contributed by atoms with van der Waals surface area (Å²) < 4.78 is 26.8. The second kappa shape index (κ2) is 6.82. The van der Waals surface area contributed by atoms with Crippen LogP contribution in [0.1, 0.15) is 24.4 Å². The van der Waals surface area contributed by atoms with E-state index >= 15 is 0 Å². The van der Waals surface area contributed by atoms with Gasteiger partial charge >= 0.3 is 0 Å². The minimum Gasteiger partial charge on any atom is -0.335 e. The highest BCUT2D eigenvalue weighted by atomic mass is 32.2. The smallest absolute Gasteiger partial charge is 0.250 e. The molecule has 5 nitrogen and oxygen atoms in total. The molecule has 0 aliphatic carbocycles. The number of amides is 1. The van der Waals surface area contributed by atoms with Crippen LogP contribution >= 0.6 is 11.3 Å². The predicted octanol–water partition coefficient (Wildman–Crippen LogP) is 2.39. The van der Waals surface area contributed by atoms with Crippen molar-refractivity contribution in [3.8, 4) is 0 Å². The predicted molar refractivity (Wildman–Crippen MR) is 89.6 cm³/mol. The summed E-state index contributed by atoms with van der Waals surface area (Å²) in [5.74, 6) is -0.184. The van der Waals surface area contributed by atoms with E-state index < -0.39 is 10.0 Å². The molecular formula is C16H18N2O3S2. The number of benzene rings is 1. The number of carbonyl (C=O) groups is 1. The van der Waals surface area contributed by atoms with Gasteiger partial charge in [0.05, 0.1) is 12.6 Å². The summed E-state index contributed by atoms with van der Waals surface area (Å²) in [5, 5.41) is 1.70. The summed E-state index contributed by atoms with van der Waals surface area (Å²) in [6.45, 7) is 0.461. The SMILES string of the molecule is O=C(CNS(=O)(=O)c1cccs1)N1CCC[C@@H]1c1ccccc1. The van der Waals surface area contributed by atoms with E-state index in [0.29, 0.717) is 6.54 Å². The van der Waals surface area contributed by atoms with Gasteiger partial charge in [-0.05, 0) is 29.9 Å². The van der Waals surface area contributed by atoms with E-state index in [2.05, 4.69) is 4.72 Å². The Bertz CT molecular complexity index is 758. The third kappa shape index (κ3) is 3.63. The Morgan fingerprint density at radius 1 is 1.22 bits per heavy atom. The summed E-state index contributed by atoms with van der Waals surface area (Å²) in [7, 11) is -3.60. The first-order valence-electron chi connectivity index (χ1n) is 7.45. The minimum absolute atomic E-state index is 0.0370. The average molecular weight is 350 g/mol. The molecule has 0 saturated carbocycles. The van der Waals surface area contributed by atoms with Crippen LogP contribution in [0.3, 0.4) is 0 Å². The number of hydrogen-bond donors (Lipinski definition) is 1. The third-order valence-corrected chi connectivity index (χ3v) is 6.73. The van der Waals surface area contributed by atoms with Crippen LogP contribution in [0.4, 0.5) is 0 Å². The lowest BCUT2D eigenvalue weighted by Crippen LogP contribution is -2.39. The topological polar surface area (TPSA) is 66.5 Å². The van der Waals surface area contributed by atoms with Crippen molar-refractivity contribution in [1.82, 2.24) is 9.62 Å². The first kappa shape index (κ1) is 16.2. The van der Waals surface area contributed by atoms with Crippen LogP contribution in [-0.4, -0.2) is 32.3 Å². The van der Waals surface area contributed by atoms with E-state index in [1.807, 2.05) is 30.3 Å². The summed E-state index contributed by atoms with van der Waals surface area (Å²) >= 11 is 1.14. The molecule has 1 aromatic carbocycles. The Kier molecular flexibility index (Phi) is 4.79. The Hall–Kier alpha value is -1.70. The average Bonchev–Trinajstić information content (AvgIpc) is 3.25. The largest absolute Gasteiger partial charge is 0.335 e. The van der Waals surface area contributed by atoms with Crippen LogP contribution < -0.4 is 4.72 Å². The number of rotatable bonds is 5. The number of likely N-dealkylation sites (tertiary alicyclic amines) is 1. The van der Waals surface area contributed by atoms with E-state index in [1.54, 1.807) is 16.3 Å². The molecule has 0 bridgehead atoms. The molecule has 7 heteroatoms. The normalized spacial score (nSPS) is 18.3. The first-order chi connectivity index (χ1) is 11.1. The maximum atomic E-state index is 12.4. The van der Waals surface area contributed by atoms with Gasteiger partial charge in [-0.3, -0.25) is 4.79 Å². The van der Waals surface area contributed by atoms with Crippen molar-refractivity contribution in [2.75, 3.05) is 13.1 Å². The minimum atomic E-state index is -3.60. The van der Waals surface area contributed by atoms with Gasteiger partial charge in [-0.1, -0.05) is 36.4 Å². The van der Waals surface area contributed by atoms with Crippen molar-refractivity contribution >= 4 is 27.3 Å². The lowest BCUT2D eigenvalue weighted by molar-refractivity contribution is -0.130. The van der Waals surface area contributed by atoms with Crippen molar-refractivity contribution in [3.63, 3.8) is 0 Å². The third-order valence-electron chi connectivity index (χ3n) is 3.93. The number of nitrogens with one attached hydrogen (secondary N) is 1. The van der Waals surface area contributed by atoms with Crippen LogP contribution in [-0.2, 0) is 14.8 Å². The van der Waals surface area contributed by atoms with E-state index in [0.717, 1.165) is 29.7 Å². The highest BCUT2D eigenvalue weighted by Gasteiger charge is 2.30. The lowest BCUT2D eigenvalue weighted by atomic mass is 10.0. The molecule has 0 spiro atoms. The second-order valence-corrected chi connectivity index (χ2v) is 8.35. The highest BCUT2D eigenvalue weighted by molar-refractivity contribution is 7.91.